The Morgan fingerprint density at radius 2 is 0.833 bits per heavy atom. The summed E-state index contributed by atoms with van der Waals surface area (Å²) in [6, 6.07) is 23.6. The van der Waals surface area contributed by atoms with Gasteiger partial charge >= 0.3 is 0 Å². The fourth-order valence-electron chi connectivity index (χ4n) is 5.33. The van der Waals surface area contributed by atoms with Crippen molar-refractivity contribution < 1.29 is 9.47 Å². The summed E-state index contributed by atoms with van der Waals surface area (Å²) in [6.07, 6.45) is 0. The zero-order valence-corrected chi connectivity index (χ0v) is 20.8. The standard InChI is InChI=1S/C30H28N4O2/c1-29(2)17-9-5-13-21(31)25(17)35-27-19(29)11-7-15-23(27)33-34-24-16-8-12-20-28(24)36-26-18(30(20,3)4)10-6-14-22(26)32/h5-16H,31-32H2,1-4H3. The molecule has 0 atom stereocenters. The van der Waals surface area contributed by atoms with Gasteiger partial charge in [-0.15, -0.1) is 10.2 Å². The molecule has 0 radical (unpaired) electrons. The lowest BCUT2D eigenvalue weighted by atomic mass is 9.75. The molecule has 2 aliphatic rings. The summed E-state index contributed by atoms with van der Waals surface area (Å²) >= 11 is 0. The third kappa shape index (κ3) is 3.10. The van der Waals surface area contributed by atoms with E-state index in [4.69, 9.17) is 20.9 Å². The van der Waals surface area contributed by atoms with Crippen molar-refractivity contribution in [2.45, 2.75) is 38.5 Å². The van der Waals surface area contributed by atoms with Gasteiger partial charge in [-0.1, -0.05) is 76.2 Å². The van der Waals surface area contributed by atoms with Crippen molar-refractivity contribution in [1.29, 1.82) is 0 Å². The average Bonchev–Trinajstić information content (AvgIpc) is 2.85. The maximum Gasteiger partial charge on any atom is 0.159 e. The third-order valence-electron chi connectivity index (χ3n) is 7.45. The zero-order valence-electron chi connectivity index (χ0n) is 20.8. The van der Waals surface area contributed by atoms with E-state index in [9.17, 15) is 0 Å². The Morgan fingerprint density at radius 3 is 1.22 bits per heavy atom. The summed E-state index contributed by atoms with van der Waals surface area (Å²) in [5, 5.41) is 9.28. The Balaban J connectivity index is 1.45. The molecule has 2 aliphatic heterocycles. The number of nitrogens with zero attached hydrogens (tertiary/aromatic N) is 2. The van der Waals surface area contributed by atoms with Gasteiger partial charge in [-0.3, -0.25) is 0 Å². The molecule has 2 heterocycles. The maximum absolute atomic E-state index is 6.34. The fraction of sp³-hybridized carbons (Fsp3) is 0.200. The van der Waals surface area contributed by atoms with Gasteiger partial charge in [-0.2, -0.15) is 0 Å². The Morgan fingerprint density at radius 1 is 0.500 bits per heavy atom. The molecule has 0 amide bonds. The van der Waals surface area contributed by atoms with Gasteiger partial charge in [0.15, 0.2) is 23.0 Å². The Kier molecular flexibility index (Phi) is 4.67. The third-order valence-corrected chi connectivity index (χ3v) is 7.45. The molecule has 0 bridgehead atoms. The molecule has 6 heteroatoms. The molecule has 0 unspecified atom stereocenters. The SMILES string of the molecule is CC1(C)c2cccc(N)c2Oc2c(N=Nc3cccc4c3Oc3c(N)cccc3C4(C)C)cccc21. The molecular weight excluding hydrogens is 448 g/mol. The van der Waals surface area contributed by atoms with Crippen LogP contribution in [-0.4, -0.2) is 0 Å². The maximum atomic E-state index is 6.34. The van der Waals surface area contributed by atoms with Gasteiger partial charge in [-0.05, 0) is 24.3 Å². The summed E-state index contributed by atoms with van der Waals surface area (Å²) in [5.41, 5.74) is 18.6. The largest absolute Gasteiger partial charge is 0.452 e. The number of anilines is 2. The smallest absolute Gasteiger partial charge is 0.159 e. The predicted octanol–water partition coefficient (Wildman–Crippen LogP) is 8.13. The molecular formula is C30H28N4O2. The van der Waals surface area contributed by atoms with Crippen LogP contribution in [0.15, 0.2) is 83.0 Å². The van der Waals surface area contributed by atoms with E-state index in [1.54, 1.807) is 0 Å². The minimum atomic E-state index is -0.301. The van der Waals surface area contributed by atoms with E-state index in [2.05, 4.69) is 62.2 Å². The lowest BCUT2D eigenvalue weighted by Crippen LogP contribution is -2.24. The topological polar surface area (TPSA) is 95.2 Å². The quantitative estimate of drug-likeness (QED) is 0.225. The van der Waals surface area contributed by atoms with Gasteiger partial charge in [0.25, 0.3) is 0 Å². The number of azo groups is 1. The van der Waals surface area contributed by atoms with Crippen molar-refractivity contribution in [3.8, 4) is 23.0 Å². The van der Waals surface area contributed by atoms with Gasteiger partial charge in [0.1, 0.15) is 11.4 Å². The molecule has 0 aliphatic carbocycles. The number of nitrogen functional groups attached to an aromatic ring is 2. The molecule has 6 nitrogen and oxygen atoms in total. The molecule has 4 aromatic rings. The van der Waals surface area contributed by atoms with Crippen LogP contribution in [0.5, 0.6) is 23.0 Å². The van der Waals surface area contributed by atoms with Crippen molar-refractivity contribution in [2.75, 3.05) is 11.5 Å². The molecule has 4 N–H and O–H groups in total. The summed E-state index contributed by atoms with van der Waals surface area (Å²) in [7, 11) is 0. The van der Waals surface area contributed by atoms with Crippen LogP contribution >= 0.6 is 0 Å². The molecule has 180 valence electrons. The van der Waals surface area contributed by atoms with Crippen LogP contribution in [0, 0.1) is 0 Å². The molecule has 0 spiro atoms. The monoisotopic (exact) mass is 476 g/mol. The highest BCUT2D eigenvalue weighted by Crippen LogP contribution is 2.55. The first-order valence-electron chi connectivity index (χ1n) is 12.0. The molecule has 6 rings (SSSR count). The van der Waals surface area contributed by atoms with Crippen LogP contribution in [0.3, 0.4) is 0 Å². The fourth-order valence-corrected chi connectivity index (χ4v) is 5.33. The lowest BCUT2D eigenvalue weighted by molar-refractivity contribution is 0.419. The van der Waals surface area contributed by atoms with E-state index in [0.29, 0.717) is 45.7 Å². The van der Waals surface area contributed by atoms with E-state index in [1.165, 1.54) is 0 Å². The van der Waals surface area contributed by atoms with E-state index in [0.717, 1.165) is 22.3 Å². The Labute approximate surface area is 210 Å². The van der Waals surface area contributed by atoms with Gasteiger partial charge < -0.3 is 20.9 Å². The minimum absolute atomic E-state index is 0.301. The summed E-state index contributed by atoms with van der Waals surface area (Å²) in [5.74, 6) is 2.67. The van der Waals surface area contributed by atoms with Crippen LogP contribution in [-0.2, 0) is 10.8 Å². The second-order valence-corrected chi connectivity index (χ2v) is 10.4. The number of rotatable bonds is 2. The molecule has 0 saturated carbocycles. The Hall–Kier alpha value is -4.32. The minimum Gasteiger partial charge on any atom is -0.452 e. The molecule has 0 saturated heterocycles. The van der Waals surface area contributed by atoms with Crippen LogP contribution in [0.4, 0.5) is 22.7 Å². The summed E-state index contributed by atoms with van der Waals surface area (Å²) in [4.78, 5) is 0. The molecule has 4 aromatic carbocycles. The summed E-state index contributed by atoms with van der Waals surface area (Å²) < 4.78 is 12.7. The van der Waals surface area contributed by atoms with Crippen molar-refractivity contribution in [3.05, 3.63) is 95.1 Å². The average molecular weight is 477 g/mol. The number of para-hydroxylation sites is 4. The van der Waals surface area contributed by atoms with Crippen LogP contribution < -0.4 is 20.9 Å². The highest BCUT2D eigenvalue weighted by atomic mass is 16.5. The zero-order chi connectivity index (χ0) is 25.2. The van der Waals surface area contributed by atoms with Crippen molar-refractivity contribution in [1.82, 2.24) is 0 Å². The second-order valence-electron chi connectivity index (χ2n) is 10.4. The molecule has 0 aromatic heterocycles. The lowest BCUT2D eigenvalue weighted by Gasteiger charge is -2.35. The highest BCUT2D eigenvalue weighted by Gasteiger charge is 2.38. The number of fused-ring (bicyclic) bond motifs is 4. The van der Waals surface area contributed by atoms with Crippen LogP contribution in [0.25, 0.3) is 0 Å². The first kappa shape index (κ1) is 22.2. The number of ether oxygens (including phenoxy) is 2. The van der Waals surface area contributed by atoms with Crippen molar-refractivity contribution in [2.24, 2.45) is 10.2 Å². The molecule has 0 fully saturated rings. The van der Waals surface area contributed by atoms with Crippen molar-refractivity contribution >= 4 is 22.7 Å². The second kappa shape index (κ2) is 7.59. The highest BCUT2D eigenvalue weighted by molar-refractivity contribution is 5.73. The number of benzene rings is 4. The normalized spacial score (nSPS) is 16.2. The first-order valence-corrected chi connectivity index (χ1v) is 12.0. The molecule has 36 heavy (non-hydrogen) atoms. The summed E-state index contributed by atoms with van der Waals surface area (Å²) in [6.45, 7) is 8.66. The van der Waals surface area contributed by atoms with E-state index < -0.39 is 0 Å². The van der Waals surface area contributed by atoms with Gasteiger partial charge in [-0.25, -0.2) is 0 Å². The van der Waals surface area contributed by atoms with Crippen LogP contribution in [0.2, 0.25) is 0 Å². The van der Waals surface area contributed by atoms with Crippen molar-refractivity contribution in [3.63, 3.8) is 0 Å². The van der Waals surface area contributed by atoms with E-state index >= 15 is 0 Å². The number of hydrogen-bond donors (Lipinski definition) is 2. The van der Waals surface area contributed by atoms with Gasteiger partial charge in [0, 0.05) is 33.1 Å². The van der Waals surface area contributed by atoms with Gasteiger partial charge in [0.05, 0.1) is 11.4 Å². The number of nitrogens with two attached hydrogens (primary N) is 2. The predicted molar refractivity (Wildman–Crippen MR) is 143 cm³/mol. The Bertz CT molecular complexity index is 1450. The van der Waals surface area contributed by atoms with E-state index in [1.807, 2.05) is 48.5 Å². The van der Waals surface area contributed by atoms with Gasteiger partial charge in [0.2, 0.25) is 0 Å². The van der Waals surface area contributed by atoms with E-state index in [-0.39, 0.29) is 10.8 Å². The first-order chi connectivity index (χ1) is 17.2. The number of hydrogen-bond acceptors (Lipinski definition) is 6. The van der Waals surface area contributed by atoms with Crippen LogP contribution in [0.1, 0.15) is 49.9 Å².